The number of ketones is 1. The number of ether oxygens (including phenoxy) is 1. The largest absolute Gasteiger partial charge is 0.468 e. The van der Waals surface area contributed by atoms with Crippen LogP contribution in [0, 0.1) is 0 Å². The van der Waals surface area contributed by atoms with E-state index in [0.717, 1.165) is 32.2 Å². The van der Waals surface area contributed by atoms with E-state index in [-0.39, 0.29) is 12.0 Å². The highest BCUT2D eigenvalue weighted by atomic mass is 16.5. The van der Waals surface area contributed by atoms with Gasteiger partial charge in [-0.2, -0.15) is 0 Å². The summed E-state index contributed by atoms with van der Waals surface area (Å²) in [6.07, 6.45) is 5.13. The number of methoxy groups -OCH3 is 1. The lowest BCUT2D eigenvalue weighted by Crippen LogP contribution is -2.45. The molecule has 1 heterocycles. The molecule has 0 bridgehead atoms. The molecule has 0 amide bonds. The van der Waals surface area contributed by atoms with Gasteiger partial charge in [-0.3, -0.25) is 14.5 Å². The molecule has 1 aliphatic heterocycles. The third kappa shape index (κ3) is 2.26. The van der Waals surface area contributed by atoms with Crippen molar-refractivity contribution in [3.8, 4) is 0 Å². The van der Waals surface area contributed by atoms with E-state index in [1.165, 1.54) is 7.11 Å². The molecule has 0 aromatic heterocycles. The van der Waals surface area contributed by atoms with E-state index in [9.17, 15) is 9.59 Å². The summed E-state index contributed by atoms with van der Waals surface area (Å²) >= 11 is 0. The molecule has 4 heteroatoms. The summed E-state index contributed by atoms with van der Waals surface area (Å²) in [6, 6.07) is 0.340. The fraction of sp³-hybridized carbons (Fsp3) is 0.833. The average Bonchev–Trinajstić information content (AvgIpc) is 2.78. The van der Waals surface area contributed by atoms with Crippen molar-refractivity contribution in [3.05, 3.63) is 0 Å². The van der Waals surface area contributed by atoms with E-state index in [1.54, 1.807) is 0 Å². The van der Waals surface area contributed by atoms with Crippen LogP contribution in [0.5, 0.6) is 0 Å². The number of carbonyl (C=O) groups is 2. The number of Topliss-reactive ketones (excluding diaryl/α,β-unsaturated/α-hetero) is 1. The zero-order chi connectivity index (χ0) is 11.5. The Kier molecular flexibility index (Phi) is 3.59. The van der Waals surface area contributed by atoms with Crippen molar-refractivity contribution < 1.29 is 14.3 Å². The summed E-state index contributed by atoms with van der Waals surface area (Å²) in [5, 5.41) is 0. The molecule has 2 fully saturated rings. The van der Waals surface area contributed by atoms with Gasteiger partial charge in [0.2, 0.25) is 0 Å². The maximum absolute atomic E-state index is 11.6. The molecule has 0 aromatic carbocycles. The van der Waals surface area contributed by atoms with Crippen LogP contribution in [0.2, 0.25) is 0 Å². The quantitative estimate of drug-likeness (QED) is 0.661. The molecule has 0 spiro atoms. The van der Waals surface area contributed by atoms with Crippen LogP contribution < -0.4 is 0 Å². The Bertz CT molecular complexity index is 280. The van der Waals surface area contributed by atoms with Gasteiger partial charge in [-0.05, 0) is 32.2 Å². The Morgan fingerprint density at radius 2 is 2.00 bits per heavy atom. The third-order valence-corrected chi connectivity index (χ3v) is 3.75. The zero-order valence-corrected chi connectivity index (χ0v) is 9.78. The molecule has 1 atom stereocenters. The molecule has 2 aliphatic rings. The number of carbonyl (C=O) groups excluding carboxylic acids is 2. The highest BCUT2D eigenvalue weighted by Crippen LogP contribution is 2.28. The molecule has 0 radical (unpaired) electrons. The summed E-state index contributed by atoms with van der Waals surface area (Å²) in [5.41, 5.74) is 0. The van der Waals surface area contributed by atoms with Gasteiger partial charge in [0.25, 0.3) is 0 Å². The van der Waals surface area contributed by atoms with Gasteiger partial charge in [0.1, 0.15) is 11.8 Å². The fourth-order valence-corrected chi connectivity index (χ4v) is 2.87. The Labute approximate surface area is 95.9 Å². The van der Waals surface area contributed by atoms with Gasteiger partial charge in [0.15, 0.2) is 0 Å². The molecule has 2 rings (SSSR count). The molecule has 1 saturated carbocycles. The monoisotopic (exact) mass is 225 g/mol. The van der Waals surface area contributed by atoms with Crippen LogP contribution in [-0.2, 0) is 14.3 Å². The molecule has 0 unspecified atom stereocenters. The molecule has 1 saturated heterocycles. The van der Waals surface area contributed by atoms with Crippen molar-refractivity contribution in [2.75, 3.05) is 13.7 Å². The lowest BCUT2D eigenvalue weighted by molar-refractivity contribution is -0.146. The van der Waals surface area contributed by atoms with E-state index < -0.39 is 0 Å². The van der Waals surface area contributed by atoms with Crippen LogP contribution >= 0.6 is 0 Å². The van der Waals surface area contributed by atoms with Gasteiger partial charge in [-0.15, -0.1) is 0 Å². The molecular weight excluding hydrogens is 206 g/mol. The van der Waals surface area contributed by atoms with Crippen LogP contribution in [0.25, 0.3) is 0 Å². The fourth-order valence-electron chi connectivity index (χ4n) is 2.87. The molecule has 16 heavy (non-hydrogen) atoms. The predicted molar refractivity (Wildman–Crippen MR) is 59.0 cm³/mol. The predicted octanol–water partition coefficient (Wildman–Crippen LogP) is 1.14. The van der Waals surface area contributed by atoms with Crippen LogP contribution in [0.15, 0.2) is 0 Å². The number of likely N-dealkylation sites (tertiary alicyclic amines) is 1. The minimum Gasteiger partial charge on any atom is -0.468 e. The minimum absolute atomic E-state index is 0.0665. The molecule has 0 N–H and O–H groups in total. The molecule has 1 aliphatic carbocycles. The van der Waals surface area contributed by atoms with E-state index in [2.05, 4.69) is 4.90 Å². The number of nitrogens with zero attached hydrogens (tertiary/aromatic N) is 1. The van der Waals surface area contributed by atoms with Gasteiger partial charge in [0.05, 0.1) is 7.11 Å². The lowest BCUT2D eigenvalue weighted by Gasteiger charge is -2.33. The Balaban J connectivity index is 1.97. The maximum Gasteiger partial charge on any atom is 0.323 e. The van der Waals surface area contributed by atoms with Gasteiger partial charge >= 0.3 is 5.97 Å². The second kappa shape index (κ2) is 4.95. The summed E-state index contributed by atoms with van der Waals surface area (Å²) in [6.45, 7) is 0.971. The van der Waals surface area contributed by atoms with E-state index in [4.69, 9.17) is 4.74 Å². The van der Waals surface area contributed by atoms with E-state index in [1.807, 2.05) is 0 Å². The van der Waals surface area contributed by atoms with Crippen molar-refractivity contribution in [1.29, 1.82) is 0 Å². The van der Waals surface area contributed by atoms with E-state index >= 15 is 0 Å². The Hall–Kier alpha value is -0.900. The first-order valence-corrected chi connectivity index (χ1v) is 6.07. The first kappa shape index (κ1) is 11.6. The van der Waals surface area contributed by atoms with Crippen LogP contribution in [0.3, 0.4) is 0 Å². The zero-order valence-electron chi connectivity index (χ0n) is 9.78. The Morgan fingerprint density at radius 3 is 2.62 bits per heavy atom. The minimum atomic E-state index is -0.116. The molecule has 90 valence electrons. The van der Waals surface area contributed by atoms with Gasteiger partial charge in [-0.25, -0.2) is 0 Å². The van der Waals surface area contributed by atoms with Crippen molar-refractivity contribution in [2.24, 2.45) is 0 Å². The highest BCUT2D eigenvalue weighted by molar-refractivity contribution is 5.79. The summed E-state index contributed by atoms with van der Waals surface area (Å²) in [4.78, 5) is 25.0. The third-order valence-electron chi connectivity index (χ3n) is 3.75. The van der Waals surface area contributed by atoms with Crippen molar-refractivity contribution >= 4 is 11.8 Å². The summed E-state index contributed by atoms with van der Waals surface area (Å²) in [5.74, 6) is 0.250. The van der Waals surface area contributed by atoms with Gasteiger partial charge in [-0.1, -0.05) is 0 Å². The molecule has 0 aromatic rings. The number of hydrogen-bond donors (Lipinski definition) is 0. The van der Waals surface area contributed by atoms with Crippen molar-refractivity contribution in [3.63, 3.8) is 0 Å². The summed E-state index contributed by atoms with van der Waals surface area (Å²) < 4.78 is 4.83. The second-order valence-corrected chi connectivity index (χ2v) is 4.69. The van der Waals surface area contributed by atoms with Gasteiger partial charge in [0, 0.05) is 18.9 Å². The topological polar surface area (TPSA) is 46.6 Å². The number of rotatable bonds is 2. The number of hydrogen-bond acceptors (Lipinski definition) is 4. The second-order valence-electron chi connectivity index (χ2n) is 4.69. The van der Waals surface area contributed by atoms with Gasteiger partial charge < -0.3 is 4.74 Å². The van der Waals surface area contributed by atoms with Crippen molar-refractivity contribution in [1.82, 2.24) is 4.90 Å². The van der Waals surface area contributed by atoms with Crippen molar-refractivity contribution in [2.45, 2.75) is 50.6 Å². The van der Waals surface area contributed by atoms with Crippen LogP contribution in [0.4, 0.5) is 0 Å². The number of esters is 1. The highest BCUT2D eigenvalue weighted by Gasteiger charge is 2.37. The molecule has 4 nitrogen and oxygen atoms in total. The van der Waals surface area contributed by atoms with Crippen LogP contribution in [-0.4, -0.2) is 42.4 Å². The summed E-state index contributed by atoms with van der Waals surface area (Å²) in [7, 11) is 1.45. The SMILES string of the molecule is COC(=O)[C@@H]1CCCN1C1CCC(=O)CC1. The van der Waals surface area contributed by atoms with E-state index in [0.29, 0.717) is 24.7 Å². The first-order chi connectivity index (χ1) is 7.72. The average molecular weight is 225 g/mol. The smallest absolute Gasteiger partial charge is 0.323 e. The standard InChI is InChI=1S/C12H19NO3/c1-16-12(15)11-3-2-8-13(11)9-4-6-10(14)7-5-9/h9,11H,2-8H2,1H3/t11-/m0/s1. The maximum atomic E-state index is 11.6. The Morgan fingerprint density at radius 1 is 1.31 bits per heavy atom. The van der Waals surface area contributed by atoms with Crippen LogP contribution in [0.1, 0.15) is 38.5 Å². The first-order valence-electron chi connectivity index (χ1n) is 6.07. The normalized spacial score (nSPS) is 28.3. The lowest BCUT2D eigenvalue weighted by atomic mass is 9.93. The molecular formula is C12H19NO3.